The lowest BCUT2D eigenvalue weighted by Crippen LogP contribution is -2.60. The zero-order valence-electron chi connectivity index (χ0n) is 16.2. The van der Waals surface area contributed by atoms with E-state index >= 15 is 0 Å². The van der Waals surface area contributed by atoms with Gasteiger partial charge in [-0.25, -0.2) is 0 Å². The fourth-order valence-electron chi connectivity index (χ4n) is 8.33. The molecule has 5 nitrogen and oxygen atoms in total. The van der Waals surface area contributed by atoms with Gasteiger partial charge in [0, 0.05) is 0 Å². The van der Waals surface area contributed by atoms with Gasteiger partial charge in [0.25, 0.3) is 0 Å². The second kappa shape index (κ2) is 5.70. The number of carboxylic acid groups (broad SMARTS) is 1. The fourth-order valence-corrected chi connectivity index (χ4v) is 8.33. The molecule has 0 amide bonds. The van der Waals surface area contributed by atoms with E-state index in [-0.39, 0.29) is 28.6 Å². The summed E-state index contributed by atoms with van der Waals surface area (Å²) in [6, 6.07) is 0. The standard InChI is InChI=1S/C21H32O5/c1-19-9-13(22)10-20(2,18(25)26-3)15(19)6-7-21-8-12(4-5-16(19)21)14(11-21)17(23)24/h12-16,22H,4-11H2,1-3H3,(H,23,24)/t12-,13+,14+,15+,16+,19-,20-,21+/m1/s1. The number of hydrogen-bond donors (Lipinski definition) is 2. The summed E-state index contributed by atoms with van der Waals surface area (Å²) < 4.78 is 5.15. The zero-order chi connectivity index (χ0) is 18.9. The molecular formula is C21H32O5. The van der Waals surface area contributed by atoms with E-state index in [1.54, 1.807) is 0 Å². The summed E-state index contributed by atoms with van der Waals surface area (Å²) in [5, 5.41) is 20.4. The van der Waals surface area contributed by atoms with Crippen LogP contribution in [0.3, 0.4) is 0 Å². The number of rotatable bonds is 2. The Kier molecular flexibility index (Phi) is 4.00. The Morgan fingerprint density at radius 2 is 1.73 bits per heavy atom. The average Bonchev–Trinajstić information content (AvgIpc) is 2.84. The Bertz CT molecular complexity index is 632. The predicted molar refractivity (Wildman–Crippen MR) is 95.2 cm³/mol. The van der Waals surface area contributed by atoms with E-state index in [1.165, 1.54) is 7.11 Å². The van der Waals surface area contributed by atoms with Crippen molar-refractivity contribution in [2.45, 2.75) is 71.3 Å². The molecule has 0 heterocycles. The van der Waals surface area contributed by atoms with Gasteiger partial charge in [0.05, 0.1) is 24.5 Å². The quantitative estimate of drug-likeness (QED) is 0.735. The number of carbonyl (C=O) groups is 2. The van der Waals surface area contributed by atoms with E-state index in [2.05, 4.69) is 6.92 Å². The first-order valence-electron chi connectivity index (χ1n) is 10.2. The minimum absolute atomic E-state index is 0.0886. The maximum atomic E-state index is 12.7. The van der Waals surface area contributed by atoms with Crippen molar-refractivity contribution in [2.75, 3.05) is 7.11 Å². The highest BCUT2D eigenvalue weighted by Gasteiger charge is 2.67. The topological polar surface area (TPSA) is 83.8 Å². The van der Waals surface area contributed by atoms with Crippen LogP contribution in [0.15, 0.2) is 0 Å². The Morgan fingerprint density at radius 1 is 1.00 bits per heavy atom. The number of ether oxygens (including phenoxy) is 1. The largest absolute Gasteiger partial charge is 0.481 e. The van der Waals surface area contributed by atoms with Crippen LogP contribution in [0.25, 0.3) is 0 Å². The molecule has 4 aliphatic carbocycles. The molecule has 0 aromatic carbocycles. The van der Waals surface area contributed by atoms with Gasteiger partial charge in [-0.15, -0.1) is 0 Å². The van der Waals surface area contributed by atoms with E-state index in [9.17, 15) is 19.8 Å². The van der Waals surface area contributed by atoms with E-state index in [4.69, 9.17) is 4.74 Å². The lowest BCUT2D eigenvalue weighted by Gasteiger charge is -2.64. The van der Waals surface area contributed by atoms with Gasteiger partial charge in [0.2, 0.25) is 0 Å². The third-order valence-electron chi connectivity index (χ3n) is 9.03. The van der Waals surface area contributed by atoms with Gasteiger partial charge in [0.1, 0.15) is 0 Å². The lowest BCUT2D eigenvalue weighted by atomic mass is 9.40. The number of methoxy groups -OCH3 is 1. The summed E-state index contributed by atoms with van der Waals surface area (Å²) in [5.41, 5.74) is -0.688. The van der Waals surface area contributed by atoms with Gasteiger partial charge >= 0.3 is 11.9 Å². The summed E-state index contributed by atoms with van der Waals surface area (Å²) in [6.07, 6.45) is 6.45. The average molecular weight is 364 g/mol. The number of hydrogen-bond acceptors (Lipinski definition) is 4. The van der Waals surface area contributed by atoms with Crippen LogP contribution < -0.4 is 0 Å². The van der Waals surface area contributed by atoms with Crippen molar-refractivity contribution in [1.82, 2.24) is 0 Å². The molecule has 2 N–H and O–H groups in total. The number of aliphatic hydroxyl groups is 1. The van der Waals surface area contributed by atoms with Gasteiger partial charge in [-0.2, -0.15) is 0 Å². The molecular weight excluding hydrogens is 332 g/mol. The second-order valence-corrected chi connectivity index (χ2v) is 10.2. The molecule has 1 spiro atoms. The third-order valence-corrected chi connectivity index (χ3v) is 9.03. The first-order chi connectivity index (χ1) is 12.2. The van der Waals surface area contributed by atoms with Crippen molar-refractivity contribution in [1.29, 1.82) is 0 Å². The smallest absolute Gasteiger partial charge is 0.311 e. The monoisotopic (exact) mass is 364 g/mol. The Labute approximate surface area is 155 Å². The first-order valence-corrected chi connectivity index (χ1v) is 10.2. The molecule has 146 valence electrons. The van der Waals surface area contributed by atoms with E-state index in [1.807, 2.05) is 6.92 Å². The molecule has 0 aromatic rings. The highest BCUT2D eigenvalue weighted by atomic mass is 16.5. The molecule has 4 rings (SSSR count). The van der Waals surface area contributed by atoms with Crippen LogP contribution in [-0.2, 0) is 14.3 Å². The molecule has 4 saturated carbocycles. The van der Waals surface area contributed by atoms with Gasteiger partial charge in [-0.05, 0) is 86.9 Å². The first kappa shape index (κ1) is 18.3. The highest BCUT2D eigenvalue weighted by molar-refractivity contribution is 5.77. The molecule has 0 aliphatic heterocycles. The molecule has 2 bridgehead atoms. The molecule has 0 saturated heterocycles. The molecule has 5 heteroatoms. The van der Waals surface area contributed by atoms with E-state index in [0.29, 0.717) is 18.3 Å². The summed E-state index contributed by atoms with van der Waals surface area (Å²) >= 11 is 0. The fraction of sp³-hybridized carbons (Fsp3) is 0.905. The molecule has 0 unspecified atom stereocenters. The number of aliphatic hydroxyl groups excluding tert-OH is 1. The molecule has 0 radical (unpaired) electrons. The van der Waals surface area contributed by atoms with Crippen LogP contribution in [-0.4, -0.2) is 35.4 Å². The van der Waals surface area contributed by atoms with Gasteiger partial charge in [0.15, 0.2) is 0 Å². The number of carboxylic acids is 1. The van der Waals surface area contributed by atoms with Crippen molar-refractivity contribution in [3.05, 3.63) is 0 Å². The summed E-state index contributed by atoms with van der Waals surface area (Å²) in [4.78, 5) is 24.4. The number of aliphatic carboxylic acids is 1. The van der Waals surface area contributed by atoms with Crippen molar-refractivity contribution in [3.63, 3.8) is 0 Å². The van der Waals surface area contributed by atoms with Crippen LogP contribution in [0.5, 0.6) is 0 Å². The molecule has 4 fully saturated rings. The van der Waals surface area contributed by atoms with Crippen molar-refractivity contribution >= 4 is 11.9 Å². The Morgan fingerprint density at radius 3 is 2.38 bits per heavy atom. The van der Waals surface area contributed by atoms with Crippen molar-refractivity contribution < 1.29 is 24.5 Å². The summed E-state index contributed by atoms with van der Waals surface area (Å²) in [7, 11) is 1.44. The lowest BCUT2D eigenvalue weighted by molar-refractivity contribution is -0.197. The van der Waals surface area contributed by atoms with Crippen molar-refractivity contribution in [3.8, 4) is 0 Å². The normalized spacial score (nSPS) is 52.7. The maximum absolute atomic E-state index is 12.7. The SMILES string of the molecule is COC(=O)[C@]1(C)C[C@@H](O)C[C@@]2(C)[C@@H]3CC[C@@H]4C[C@@]3(CC[C@@H]21)C[C@@H]4C(=O)O. The zero-order valence-corrected chi connectivity index (χ0v) is 16.2. The minimum Gasteiger partial charge on any atom is -0.481 e. The molecule has 8 atom stereocenters. The number of esters is 1. The molecule has 0 aromatic heterocycles. The van der Waals surface area contributed by atoms with E-state index < -0.39 is 17.5 Å². The van der Waals surface area contributed by atoms with Crippen LogP contribution >= 0.6 is 0 Å². The summed E-state index contributed by atoms with van der Waals surface area (Å²) in [6.45, 7) is 4.24. The molecule has 26 heavy (non-hydrogen) atoms. The van der Waals surface area contributed by atoms with Gasteiger partial charge in [-0.1, -0.05) is 6.92 Å². The second-order valence-electron chi connectivity index (χ2n) is 10.2. The Hall–Kier alpha value is -1.10. The van der Waals surface area contributed by atoms with Crippen molar-refractivity contribution in [2.24, 2.45) is 39.9 Å². The predicted octanol–water partition coefficient (Wildman–Crippen LogP) is 3.24. The third kappa shape index (κ3) is 2.25. The van der Waals surface area contributed by atoms with Gasteiger partial charge in [-0.3, -0.25) is 9.59 Å². The van der Waals surface area contributed by atoms with Crippen LogP contribution in [0.1, 0.15) is 65.2 Å². The minimum atomic E-state index is -0.648. The van der Waals surface area contributed by atoms with Crippen LogP contribution in [0.4, 0.5) is 0 Å². The van der Waals surface area contributed by atoms with Crippen LogP contribution in [0, 0.1) is 39.9 Å². The Balaban J connectivity index is 1.73. The van der Waals surface area contributed by atoms with E-state index in [0.717, 1.165) is 44.9 Å². The van der Waals surface area contributed by atoms with Crippen LogP contribution in [0.2, 0.25) is 0 Å². The summed E-state index contributed by atoms with van der Waals surface area (Å²) in [5.74, 6) is -0.143. The number of fused-ring (bicyclic) bond motifs is 3. The highest BCUT2D eigenvalue weighted by Crippen LogP contribution is 2.72. The molecule has 4 aliphatic rings. The number of carbonyl (C=O) groups excluding carboxylic acids is 1. The van der Waals surface area contributed by atoms with Gasteiger partial charge < -0.3 is 14.9 Å². The maximum Gasteiger partial charge on any atom is 0.311 e.